The summed E-state index contributed by atoms with van der Waals surface area (Å²) in [6, 6.07) is 14.6. The van der Waals surface area contributed by atoms with E-state index in [0.717, 1.165) is 11.3 Å². The van der Waals surface area contributed by atoms with Gasteiger partial charge in [-0.3, -0.25) is 0 Å². The molecule has 0 aliphatic heterocycles. The molecule has 0 aliphatic rings. The average molecular weight is 322 g/mol. The van der Waals surface area contributed by atoms with Gasteiger partial charge in [0, 0.05) is 10.0 Å². The van der Waals surface area contributed by atoms with E-state index in [0.29, 0.717) is 35.4 Å². The number of nitrogens with zero attached hydrogens (tertiary/aromatic N) is 1. The average Bonchev–Trinajstić information content (AvgIpc) is 2.45. The summed E-state index contributed by atoms with van der Waals surface area (Å²) in [7, 11) is 0. The monoisotopic (exact) mass is 321 g/mol. The second-order valence-corrected chi connectivity index (χ2v) is 5.15. The van der Waals surface area contributed by atoms with Crippen LogP contribution < -0.4 is 9.47 Å². The molecule has 0 saturated heterocycles. The maximum Gasteiger partial charge on any atom is 0.122 e. The first kappa shape index (κ1) is 15.5. The van der Waals surface area contributed by atoms with E-state index in [-0.39, 0.29) is 0 Å². The van der Waals surface area contributed by atoms with Gasteiger partial charge >= 0.3 is 0 Å². The summed E-state index contributed by atoms with van der Waals surface area (Å²) in [4.78, 5) is 0. The topological polar surface area (TPSA) is 42.2 Å². The molecule has 5 heteroatoms. The SMILES string of the molecule is N#CCc1ccc(OCCOc2cc(Cl)cc(Cl)c2)cc1. The van der Waals surface area contributed by atoms with E-state index in [1.165, 1.54) is 0 Å². The number of benzene rings is 2. The maximum atomic E-state index is 8.59. The van der Waals surface area contributed by atoms with E-state index in [1.54, 1.807) is 18.2 Å². The van der Waals surface area contributed by atoms with Crippen molar-refractivity contribution in [1.29, 1.82) is 5.26 Å². The first-order chi connectivity index (χ1) is 10.2. The Bertz CT molecular complexity index is 615. The lowest BCUT2D eigenvalue weighted by Crippen LogP contribution is -2.09. The fourth-order valence-corrected chi connectivity index (χ4v) is 2.23. The van der Waals surface area contributed by atoms with Crippen LogP contribution in [-0.2, 0) is 6.42 Å². The van der Waals surface area contributed by atoms with Gasteiger partial charge in [0.2, 0.25) is 0 Å². The summed E-state index contributed by atoms with van der Waals surface area (Å²) in [6.07, 6.45) is 0.402. The first-order valence-electron chi connectivity index (χ1n) is 6.35. The highest BCUT2D eigenvalue weighted by atomic mass is 35.5. The molecule has 3 nitrogen and oxygen atoms in total. The number of ether oxygens (including phenoxy) is 2. The zero-order valence-corrected chi connectivity index (χ0v) is 12.7. The van der Waals surface area contributed by atoms with Gasteiger partial charge in [-0.25, -0.2) is 0 Å². The summed E-state index contributed by atoms with van der Waals surface area (Å²) in [6.45, 7) is 0.790. The van der Waals surface area contributed by atoms with Crippen molar-refractivity contribution < 1.29 is 9.47 Å². The Kier molecular flexibility index (Phi) is 5.74. The minimum absolute atomic E-state index is 0.386. The Balaban J connectivity index is 1.78. The highest BCUT2D eigenvalue weighted by molar-refractivity contribution is 6.34. The molecule has 0 spiro atoms. The molecule has 2 rings (SSSR count). The maximum absolute atomic E-state index is 8.59. The van der Waals surface area contributed by atoms with Crippen LogP contribution in [0.5, 0.6) is 11.5 Å². The lowest BCUT2D eigenvalue weighted by atomic mass is 10.2. The summed E-state index contributed by atoms with van der Waals surface area (Å²) < 4.78 is 11.1. The molecule has 0 fully saturated rings. The summed E-state index contributed by atoms with van der Waals surface area (Å²) >= 11 is 11.8. The Morgan fingerprint density at radius 3 is 2.00 bits per heavy atom. The number of hydrogen-bond acceptors (Lipinski definition) is 3. The third kappa shape index (κ3) is 5.18. The van der Waals surface area contributed by atoms with E-state index in [2.05, 4.69) is 6.07 Å². The van der Waals surface area contributed by atoms with Crippen LogP contribution in [0.25, 0.3) is 0 Å². The second-order valence-electron chi connectivity index (χ2n) is 4.28. The molecule has 0 amide bonds. The minimum atomic E-state index is 0.386. The van der Waals surface area contributed by atoms with Crippen LogP contribution in [0.4, 0.5) is 0 Å². The van der Waals surface area contributed by atoms with E-state index in [1.807, 2.05) is 24.3 Å². The number of rotatable bonds is 6. The number of halogens is 2. The fourth-order valence-electron chi connectivity index (χ4n) is 1.73. The van der Waals surface area contributed by atoms with Gasteiger partial charge in [-0.15, -0.1) is 0 Å². The van der Waals surface area contributed by atoms with Gasteiger partial charge in [0.1, 0.15) is 24.7 Å². The van der Waals surface area contributed by atoms with Gasteiger partial charge in [-0.1, -0.05) is 35.3 Å². The molecule has 0 bridgehead atoms. The third-order valence-electron chi connectivity index (χ3n) is 2.66. The van der Waals surface area contributed by atoms with Gasteiger partial charge in [0.15, 0.2) is 0 Å². The molecule has 0 atom stereocenters. The van der Waals surface area contributed by atoms with Crippen molar-refractivity contribution in [2.24, 2.45) is 0 Å². The van der Waals surface area contributed by atoms with Gasteiger partial charge in [0.05, 0.1) is 12.5 Å². The highest BCUT2D eigenvalue weighted by Crippen LogP contribution is 2.24. The van der Waals surface area contributed by atoms with Crippen LogP contribution in [0.1, 0.15) is 5.56 Å². The Morgan fingerprint density at radius 1 is 0.857 bits per heavy atom. The zero-order chi connectivity index (χ0) is 15.1. The van der Waals surface area contributed by atoms with Gasteiger partial charge < -0.3 is 9.47 Å². The molecule has 0 heterocycles. The van der Waals surface area contributed by atoms with E-state index in [9.17, 15) is 0 Å². The van der Waals surface area contributed by atoms with Crippen molar-refractivity contribution in [3.8, 4) is 17.6 Å². The predicted octanol–water partition coefficient (Wildman–Crippen LogP) is 4.52. The van der Waals surface area contributed by atoms with Crippen LogP contribution in [0.15, 0.2) is 42.5 Å². The van der Waals surface area contributed by atoms with E-state index >= 15 is 0 Å². The smallest absolute Gasteiger partial charge is 0.122 e. The van der Waals surface area contributed by atoms with Crippen LogP contribution >= 0.6 is 23.2 Å². The van der Waals surface area contributed by atoms with Gasteiger partial charge in [-0.05, 0) is 35.9 Å². The fraction of sp³-hybridized carbons (Fsp3) is 0.188. The molecular weight excluding hydrogens is 309 g/mol. The van der Waals surface area contributed by atoms with Crippen molar-refractivity contribution >= 4 is 23.2 Å². The first-order valence-corrected chi connectivity index (χ1v) is 7.10. The number of hydrogen-bond donors (Lipinski definition) is 0. The lowest BCUT2D eigenvalue weighted by Gasteiger charge is -2.09. The second kappa shape index (κ2) is 7.78. The molecule has 2 aromatic carbocycles. The predicted molar refractivity (Wildman–Crippen MR) is 83.2 cm³/mol. The summed E-state index contributed by atoms with van der Waals surface area (Å²) in [5, 5.41) is 9.66. The summed E-state index contributed by atoms with van der Waals surface area (Å²) in [5.41, 5.74) is 0.967. The standard InChI is InChI=1S/C16H13Cl2NO2/c17-13-9-14(18)11-16(10-13)21-8-7-20-15-3-1-12(2-4-15)5-6-19/h1-4,9-11H,5,7-8H2. The van der Waals surface area contributed by atoms with Crippen molar-refractivity contribution in [3.63, 3.8) is 0 Å². The molecule has 0 saturated carbocycles. The molecular formula is C16H13Cl2NO2. The Hall–Kier alpha value is -1.89. The third-order valence-corrected chi connectivity index (χ3v) is 3.10. The van der Waals surface area contributed by atoms with Crippen LogP contribution in [-0.4, -0.2) is 13.2 Å². The van der Waals surface area contributed by atoms with Crippen LogP contribution in [0, 0.1) is 11.3 Å². The summed E-state index contributed by atoms with van der Waals surface area (Å²) in [5.74, 6) is 1.35. The Morgan fingerprint density at radius 2 is 1.43 bits per heavy atom. The van der Waals surface area contributed by atoms with Crippen molar-refractivity contribution in [2.75, 3.05) is 13.2 Å². The minimum Gasteiger partial charge on any atom is -0.490 e. The molecule has 0 unspecified atom stereocenters. The van der Waals surface area contributed by atoms with Gasteiger partial charge in [0.25, 0.3) is 0 Å². The van der Waals surface area contributed by atoms with E-state index in [4.69, 9.17) is 37.9 Å². The molecule has 0 aliphatic carbocycles. The molecule has 108 valence electrons. The van der Waals surface area contributed by atoms with Gasteiger partial charge in [-0.2, -0.15) is 5.26 Å². The highest BCUT2D eigenvalue weighted by Gasteiger charge is 2.00. The molecule has 0 aromatic heterocycles. The van der Waals surface area contributed by atoms with Crippen molar-refractivity contribution in [2.45, 2.75) is 6.42 Å². The van der Waals surface area contributed by atoms with E-state index < -0.39 is 0 Å². The number of nitriles is 1. The largest absolute Gasteiger partial charge is 0.490 e. The molecule has 0 N–H and O–H groups in total. The zero-order valence-electron chi connectivity index (χ0n) is 11.2. The lowest BCUT2D eigenvalue weighted by molar-refractivity contribution is 0.217. The molecule has 0 radical (unpaired) electrons. The normalized spacial score (nSPS) is 9.95. The van der Waals surface area contributed by atoms with Crippen LogP contribution in [0.2, 0.25) is 10.0 Å². The quantitative estimate of drug-likeness (QED) is 0.735. The Labute approximate surface area is 133 Å². The van der Waals surface area contributed by atoms with Crippen LogP contribution in [0.3, 0.4) is 0 Å². The van der Waals surface area contributed by atoms with Crippen molar-refractivity contribution in [3.05, 3.63) is 58.1 Å². The van der Waals surface area contributed by atoms with Crippen molar-refractivity contribution in [1.82, 2.24) is 0 Å². The molecule has 2 aromatic rings. The molecule has 21 heavy (non-hydrogen) atoms.